The lowest BCUT2D eigenvalue weighted by Gasteiger charge is -2.34. The Bertz CT molecular complexity index is 851. The number of amides is 3. The highest BCUT2D eigenvalue weighted by molar-refractivity contribution is 6.30. The molecule has 2 unspecified atom stereocenters. The number of benzene rings is 2. The summed E-state index contributed by atoms with van der Waals surface area (Å²) in [7, 11) is 1.57. The lowest BCUT2D eigenvalue weighted by molar-refractivity contribution is -0.119. The van der Waals surface area contributed by atoms with Crippen molar-refractivity contribution in [2.75, 3.05) is 12.4 Å². The van der Waals surface area contributed by atoms with Gasteiger partial charge in [-0.1, -0.05) is 36.4 Å². The van der Waals surface area contributed by atoms with Crippen LogP contribution in [0.2, 0.25) is 5.02 Å². The molecule has 0 saturated carbocycles. The van der Waals surface area contributed by atoms with E-state index in [0.29, 0.717) is 22.2 Å². The van der Waals surface area contributed by atoms with Gasteiger partial charge < -0.3 is 20.7 Å². The van der Waals surface area contributed by atoms with Crippen LogP contribution in [-0.2, 0) is 4.79 Å². The number of ether oxygens (including phenoxy) is 1. The van der Waals surface area contributed by atoms with Crippen LogP contribution in [0.15, 0.2) is 60.8 Å². The van der Waals surface area contributed by atoms with Gasteiger partial charge in [-0.05, 0) is 35.9 Å². The van der Waals surface area contributed by atoms with Crippen molar-refractivity contribution in [3.63, 3.8) is 0 Å². The highest BCUT2D eigenvalue weighted by atomic mass is 35.5. The first-order valence-electron chi connectivity index (χ1n) is 7.94. The van der Waals surface area contributed by atoms with Gasteiger partial charge in [-0.2, -0.15) is 0 Å². The van der Waals surface area contributed by atoms with E-state index in [2.05, 4.69) is 22.5 Å². The van der Waals surface area contributed by atoms with Crippen molar-refractivity contribution in [1.82, 2.24) is 10.6 Å². The Balaban J connectivity index is 1.88. The molecule has 1 saturated heterocycles. The zero-order valence-corrected chi connectivity index (χ0v) is 14.8. The molecule has 0 aromatic heterocycles. The van der Waals surface area contributed by atoms with E-state index in [1.165, 1.54) is 0 Å². The van der Waals surface area contributed by atoms with E-state index in [0.717, 1.165) is 5.56 Å². The molecule has 1 aliphatic heterocycles. The summed E-state index contributed by atoms with van der Waals surface area (Å²) >= 11 is 5.96. The smallest absolute Gasteiger partial charge is 0.319 e. The molecule has 3 amide bonds. The second kappa shape index (κ2) is 7.49. The SMILES string of the molecule is C=C1NC(=O)NC(c2ccc(OC)cc2)C1C(=O)Nc1cccc(Cl)c1. The van der Waals surface area contributed by atoms with Gasteiger partial charge in [-0.3, -0.25) is 4.79 Å². The third kappa shape index (κ3) is 3.81. The van der Waals surface area contributed by atoms with Gasteiger partial charge in [0.25, 0.3) is 0 Å². The molecule has 0 aliphatic carbocycles. The Hall–Kier alpha value is -2.99. The summed E-state index contributed by atoms with van der Waals surface area (Å²) in [5, 5.41) is 8.70. The van der Waals surface area contributed by atoms with Crippen molar-refractivity contribution in [3.05, 3.63) is 71.4 Å². The first-order valence-corrected chi connectivity index (χ1v) is 8.32. The summed E-state index contributed by atoms with van der Waals surface area (Å²) in [5.41, 5.74) is 1.67. The molecule has 2 atom stereocenters. The van der Waals surface area contributed by atoms with Crippen LogP contribution in [0.4, 0.5) is 10.5 Å². The number of carbonyl (C=O) groups excluding carboxylic acids is 2. The minimum Gasteiger partial charge on any atom is -0.497 e. The molecule has 0 radical (unpaired) electrons. The minimum absolute atomic E-state index is 0.300. The maximum atomic E-state index is 12.9. The molecule has 7 heteroatoms. The number of halogens is 1. The number of methoxy groups -OCH3 is 1. The van der Waals surface area contributed by atoms with Crippen LogP contribution in [0, 0.1) is 5.92 Å². The molecule has 2 aromatic rings. The molecule has 6 nitrogen and oxygen atoms in total. The van der Waals surface area contributed by atoms with E-state index in [9.17, 15) is 9.59 Å². The molecule has 2 aromatic carbocycles. The fourth-order valence-corrected chi connectivity index (χ4v) is 3.06. The average Bonchev–Trinajstić information content (AvgIpc) is 2.61. The Morgan fingerprint density at radius 2 is 1.96 bits per heavy atom. The molecule has 1 heterocycles. The van der Waals surface area contributed by atoms with Gasteiger partial charge >= 0.3 is 6.03 Å². The first-order chi connectivity index (χ1) is 12.5. The number of rotatable bonds is 4. The van der Waals surface area contributed by atoms with E-state index in [4.69, 9.17) is 16.3 Å². The average molecular weight is 372 g/mol. The molecule has 1 fully saturated rings. The Labute approximate surface area is 156 Å². The molecule has 3 rings (SSSR count). The Morgan fingerprint density at radius 1 is 1.23 bits per heavy atom. The van der Waals surface area contributed by atoms with Crippen LogP contribution >= 0.6 is 11.6 Å². The zero-order valence-electron chi connectivity index (χ0n) is 14.1. The van der Waals surface area contributed by atoms with Crippen LogP contribution < -0.4 is 20.7 Å². The third-order valence-electron chi connectivity index (χ3n) is 4.12. The van der Waals surface area contributed by atoms with Gasteiger partial charge in [0.15, 0.2) is 0 Å². The quantitative estimate of drug-likeness (QED) is 0.769. The molecule has 0 bridgehead atoms. The largest absolute Gasteiger partial charge is 0.497 e. The molecule has 1 aliphatic rings. The monoisotopic (exact) mass is 371 g/mol. The third-order valence-corrected chi connectivity index (χ3v) is 4.35. The minimum atomic E-state index is -0.694. The highest BCUT2D eigenvalue weighted by Crippen LogP contribution is 2.31. The van der Waals surface area contributed by atoms with Crippen molar-refractivity contribution in [3.8, 4) is 5.75 Å². The van der Waals surface area contributed by atoms with Crippen molar-refractivity contribution in [1.29, 1.82) is 0 Å². The summed E-state index contributed by atoms with van der Waals surface area (Å²) in [4.78, 5) is 24.8. The molecule has 26 heavy (non-hydrogen) atoms. The summed E-state index contributed by atoms with van der Waals surface area (Å²) in [6.07, 6.45) is 0. The van der Waals surface area contributed by atoms with E-state index in [1.807, 2.05) is 12.1 Å². The van der Waals surface area contributed by atoms with Gasteiger partial charge in [0.05, 0.1) is 13.2 Å². The second-order valence-electron chi connectivity index (χ2n) is 5.85. The number of carbonyl (C=O) groups is 2. The van der Waals surface area contributed by atoms with E-state index in [-0.39, 0.29) is 5.91 Å². The molecular weight excluding hydrogens is 354 g/mol. The van der Waals surface area contributed by atoms with Gasteiger partial charge in [-0.15, -0.1) is 0 Å². The maximum absolute atomic E-state index is 12.9. The van der Waals surface area contributed by atoms with Gasteiger partial charge in [0, 0.05) is 16.4 Å². The molecular formula is C19H18ClN3O3. The lowest BCUT2D eigenvalue weighted by atomic mass is 9.88. The van der Waals surface area contributed by atoms with E-state index in [1.54, 1.807) is 43.5 Å². The number of urea groups is 1. The topological polar surface area (TPSA) is 79.5 Å². The first kappa shape index (κ1) is 17.8. The number of anilines is 1. The fourth-order valence-electron chi connectivity index (χ4n) is 2.87. The number of nitrogens with one attached hydrogen (secondary N) is 3. The Morgan fingerprint density at radius 3 is 2.62 bits per heavy atom. The van der Waals surface area contributed by atoms with E-state index >= 15 is 0 Å². The zero-order chi connectivity index (χ0) is 18.7. The predicted octanol–water partition coefficient (Wildman–Crippen LogP) is 3.47. The fraction of sp³-hybridized carbons (Fsp3) is 0.158. The van der Waals surface area contributed by atoms with Crippen LogP contribution in [0.3, 0.4) is 0 Å². The molecule has 0 spiro atoms. The standard InChI is InChI=1S/C19H18ClN3O3/c1-11-16(18(24)22-14-5-3-4-13(20)10-14)17(23-19(25)21-11)12-6-8-15(26-2)9-7-12/h3-10,16-17H,1H2,2H3,(H,22,24)(H2,21,23,25). The summed E-state index contributed by atoms with van der Waals surface area (Å²) in [6.45, 7) is 3.85. The maximum Gasteiger partial charge on any atom is 0.319 e. The second-order valence-corrected chi connectivity index (χ2v) is 6.29. The van der Waals surface area contributed by atoms with Crippen LogP contribution in [0.5, 0.6) is 5.75 Å². The van der Waals surface area contributed by atoms with Gasteiger partial charge in [-0.25, -0.2) is 4.79 Å². The lowest BCUT2D eigenvalue weighted by Crippen LogP contribution is -2.51. The van der Waals surface area contributed by atoms with Crippen LogP contribution in [-0.4, -0.2) is 19.0 Å². The number of hydrogen-bond donors (Lipinski definition) is 3. The van der Waals surface area contributed by atoms with Gasteiger partial charge in [0.2, 0.25) is 5.91 Å². The van der Waals surface area contributed by atoms with Crippen molar-refractivity contribution in [2.45, 2.75) is 6.04 Å². The van der Waals surface area contributed by atoms with Crippen LogP contribution in [0.25, 0.3) is 0 Å². The summed E-state index contributed by atoms with van der Waals surface area (Å²) in [5.74, 6) is -0.307. The van der Waals surface area contributed by atoms with Crippen molar-refractivity contribution in [2.24, 2.45) is 5.92 Å². The highest BCUT2D eigenvalue weighted by Gasteiger charge is 2.37. The van der Waals surface area contributed by atoms with Gasteiger partial charge in [0.1, 0.15) is 11.7 Å². The van der Waals surface area contributed by atoms with Crippen LogP contribution in [0.1, 0.15) is 11.6 Å². The summed E-state index contributed by atoms with van der Waals surface area (Å²) in [6, 6.07) is 13.1. The van der Waals surface area contributed by atoms with E-state index < -0.39 is 18.0 Å². The summed E-state index contributed by atoms with van der Waals surface area (Å²) < 4.78 is 5.15. The normalized spacial score (nSPS) is 19.3. The predicted molar refractivity (Wildman–Crippen MR) is 100 cm³/mol. The molecule has 134 valence electrons. The number of hydrogen-bond acceptors (Lipinski definition) is 3. The van der Waals surface area contributed by atoms with Crippen molar-refractivity contribution < 1.29 is 14.3 Å². The molecule has 3 N–H and O–H groups in total. The Kier molecular flexibility index (Phi) is 5.14. The van der Waals surface area contributed by atoms with Crippen molar-refractivity contribution >= 4 is 29.2 Å².